The smallest absolute Gasteiger partial charge is 0.0316 e. The van der Waals surface area contributed by atoms with Crippen LogP contribution in [0.5, 0.6) is 0 Å². The standard InChI is InChI=1S/C61H94N2/c1-5-7-9-11-13-22-26-30-34-60(58-46-44-56(62)48-50(58)3)54-40-36-52(37-41-54)32-28-24-20-18-16-15-17-19-21-25-29-33-53-38-42-55(43-39-53)61(59-47-45-57(63)49-51(59)4)35-31-27-23-14-12-10-8-6-2/h36-49,60-61H,5-35,62-63H2,1-4H3. The minimum absolute atomic E-state index is 0.460. The summed E-state index contributed by atoms with van der Waals surface area (Å²) in [5, 5.41) is 0. The lowest BCUT2D eigenvalue weighted by Gasteiger charge is -2.21. The van der Waals surface area contributed by atoms with Gasteiger partial charge >= 0.3 is 0 Å². The van der Waals surface area contributed by atoms with Gasteiger partial charge in [0.15, 0.2) is 0 Å². The lowest BCUT2D eigenvalue weighted by Crippen LogP contribution is -2.05. The Hall–Kier alpha value is -3.52. The van der Waals surface area contributed by atoms with Crippen LogP contribution in [0.3, 0.4) is 0 Å². The predicted molar refractivity (Wildman–Crippen MR) is 280 cm³/mol. The van der Waals surface area contributed by atoms with E-state index in [0.29, 0.717) is 11.8 Å². The average Bonchev–Trinajstić information content (AvgIpc) is 3.28. The molecule has 348 valence electrons. The molecule has 0 aliphatic carbocycles. The van der Waals surface area contributed by atoms with Gasteiger partial charge in [-0.05, 0) is 121 Å². The van der Waals surface area contributed by atoms with Crippen molar-refractivity contribution in [3.8, 4) is 0 Å². The molecule has 2 atom stereocenters. The molecule has 4 rings (SSSR count). The predicted octanol–water partition coefficient (Wildman–Crippen LogP) is 18.9. The topological polar surface area (TPSA) is 52.0 Å². The highest BCUT2D eigenvalue weighted by Crippen LogP contribution is 2.35. The molecule has 2 heteroatoms. The highest BCUT2D eigenvalue weighted by molar-refractivity contribution is 5.49. The molecular formula is C61H94N2. The lowest BCUT2D eigenvalue weighted by atomic mass is 9.84. The van der Waals surface area contributed by atoms with Crippen molar-refractivity contribution >= 4 is 11.4 Å². The molecule has 0 aliphatic rings. The molecule has 0 aromatic heterocycles. The summed E-state index contributed by atoms with van der Waals surface area (Å²) in [6.45, 7) is 9.07. The molecule has 0 spiro atoms. The Kier molecular flexibility index (Phi) is 26.6. The summed E-state index contributed by atoms with van der Waals surface area (Å²) in [5.41, 5.74) is 25.6. The Bertz CT molecular complexity index is 1610. The van der Waals surface area contributed by atoms with E-state index in [1.54, 1.807) is 0 Å². The number of nitrogens with two attached hydrogens (primary N) is 2. The number of anilines is 2. The van der Waals surface area contributed by atoms with Crippen molar-refractivity contribution in [3.05, 3.63) is 129 Å². The number of hydrogen-bond acceptors (Lipinski definition) is 2. The summed E-state index contributed by atoms with van der Waals surface area (Å²) in [6, 6.07) is 32.4. The fourth-order valence-electron chi connectivity index (χ4n) is 10.2. The van der Waals surface area contributed by atoms with Gasteiger partial charge in [-0.1, -0.05) is 235 Å². The van der Waals surface area contributed by atoms with Crippen LogP contribution in [0, 0.1) is 13.8 Å². The second kappa shape index (κ2) is 32.2. The van der Waals surface area contributed by atoms with Crippen molar-refractivity contribution in [2.75, 3.05) is 11.5 Å². The zero-order valence-corrected chi connectivity index (χ0v) is 41.3. The van der Waals surface area contributed by atoms with Gasteiger partial charge in [0, 0.05) is 23.2 Å². The van der Waals surface area contributed by atoms with Crippen molar-refractivity contribution in [3.63, 3.8) is 0 Å². The minimum Gasteiger partial charge on any atom is -0.399 e. The molecule has 0 radical (unpaired) electrons. The lowest BCUT2D eigenvalue weighted by molar-refractivity contribution is 0.545. The van der Waals surface area contributed by atoms with Gasteiger partial charge in [0.05, 0.1) is 0 Å². The Labute approximate surface area is 389 Å². The van der Waals surface area contributed by atoms with E-state index in [2.05, 4.69) is 113 Å². The molecule has 0 fully saturated rings. The fraction of sp³-hybridized carbons (Fsp3) is 0.607. The number of rotatable bonds is 36. The summed E-state index contributed by atoms with van der Waals surface area (Å²) < 4.78 is 0. The largest absolute Gasteiger partial charge is 0.399 e. The molecule has 2 nitrogen and oxygen atoms in total. The van der Waals surface area contributed by atoms with Crippen LogP contribution in [0.1, 0.15) is 256 Å². The Morgan fingerprint density at radius 1 is 0.333 bits per heavy atom. The first-order chi connectivity index (χ1) is 30.9. The molecule has 4 aromatic carbocycles. The molecule has 0 saturated carbocycles. The molecule has 4 aromatic rings. The molecule has 4 N–H and O–H groups in total. The van der Waals surface area contributed by atoms with E-state index < -0.39 is 0 Å². The molecule has 2 unspecified atom stereocenters. The second-order valence-corrected chi connectivity index (χ2v) is 19.7. The first-order valence-corrected chi connectivity index (χ1v) is 26.8. The summed E-state index contributed by atoms with van der Waals surface area (Å²) in [5.74, 6) is 0.921. The molecule has 0 heterocycles. The number of aryl methyl sites for hydroxylation is 4. The summed E-state index contributed by atoms with van der Waals surface area (Å²) >= 11 is 0. The van der Waals surface area contributed by atoms with Crippen molar-refractivity contribution in [1.82, 2.24) is 0 Å². The van der Waals surface area contributed by atoms with Crippen LogP contribution in [0.4, 0.5) is 11.4 Å². The third-order valence-corrected chi connectivity index (χ3v) is 14.2. The van der Waals surface area contributed by atoms with Gasteiger partial charge in [-0.15, -0.1) is 0 Å². The first-order valence-electron chi connectivity index (χ1n) is 26.8. The second-order valence-electron chi connectivity index (χ2n) is 19.7. The number of unbranched alkanes of at least 4 members (excludes halogenated alkanes) is 24. The van der Waals surface area contributed by atoms with Gasteiger partial charge in [-0.3, -0.25) is 0 Å². The Morgan fingerprint density at radius 3 is 0.921 bits per heavy atom. The highest BCUT2D eigenvalue weighted by atomic mass is 14.5. The maximum absolute atomic E-state index is 6.15. The van der Waals surface area contributed by atoms with Gasteiger partial charge in [0.2, 0.25) is 0 Å². The maximum atomic E-state index is 6.15. The zero-order valence-electron chi connectivity index (χ0n) is 41.3. The highest BCUT2D eigenvalue weighted by Gasteiger charge is 2.18. The number of benzene rings is 4. The summed E-state index contributed by atoms with van der Waals surface area (Å²) in [7, 11) is 0. The summed E-state index contributed by atoms with van der Waals surface area (Å²) in [6.07, 6.45) is 41.8. The van der Waals surface area contributed by atoms with Crippen molar-refractivity contribution < 1.29 is 0 Å². The van der Waals surface area contributed by atoms with Crippen LogP contribution in [0.25, 0.3) is 0 Å². The van der Waals surface area contributed by atoms with Crippen molar-refractivity contribution in [2.45, 2.75) is 239 Å². The van der Waals surface area contributed by atoms with Gasteiger partial charge in [0.25, 0.3) is 0 Å². The SMILES string of the molecule is CCCCCCCCCCC(c1ccc(CCCCCCCCCCCCCc2ccc(C(CCCCCCCCCC)c3ccc(N)cc3C)cc2)cc1)c1ccc(N)cc1C. The van der Waals surface area contributed by atoms with E-state index in [9.17, 15) is 0 Å². The minimum atomic E-state index is 0.460. The van der Waals surface area contributed by atoms with Crippen molar-refractivity contribution in [1.29, 1.82) is 0 Å². The first kappa shape index (κ1) is 52.1. The van der Waals surface area contributed by atoms with Crippen LogP contribution >= 0.6 is 0 Å². The number of hydrogen-bond donors (Lipinski definition) is 2. The van der Waals surface area contributed by atoms with E-state index in [0.717, 1.165) is 11.4 Å². The third-order valence-electron chi connectivity index (χ3n) is 14.2. The molecule has 63 heavy (non-hydrogen) atoms. The van der Waals surface area contributed by atoms with Gasteiger partial charge in [-0.25, -0.2) is 0 Å². The maximum Gasteiger partial charge on any atom is 0.0316 e. The van der Waals surface area contributed by atoms with E-state index in [1.807, 2.05) is 0 Å². The Balaban J connectivity index is 1.06. The molecule has 0 saturated heterocycles. The van der Waals surface area contributed by atoms with Gasteiger partial charge in [-0.2, -0.15) is 0 Å². The van der Waals surface area contributed by atoms with Gasteiger partial charge in [0.1, 0.15) is 0 Å². The number of nitrogen functional groups attached to an aromatic ring is 2. The zero-order chi connectivity index (χ0) is 44.7. The van der Waals surface area contributed by atoms with E-state index >= 15 is 0 Å². The normalized spacial score (nSPS) is 12.5. The molecule has 0 amide bonds. The van der Waals surface area contributed by atoms with Crippen LogP contribution in [-0.4, -0.2) is 0 Å². The quantitative estimate of drug-likeness (QED) is 0.0354. The van der Waals surface area contributed by atoms with Crippen molar-refractivity contribution in [2.24, 2.45) is 0 Å². The van der Waals surface area contributed by atoms with Gasteiger partial charge < -0.3 is 11.5 Å². The molecular weight excluding hydrogens is 761 g/mol. The summed E-state index contributed by atoms with van der Waals surface area (Å²) in [4.78, 5) is 0. The van der Waals surface area contributed by atoms with Crippen LogP contribution in [-0.2, 0) is 12.8 Å². The Morgan fingerprint density at radius 2 is 0.619 bits per heavy atom. The van der Waals surface area contributed by atoms with Crippen LogP contribution in [0.15, 0.2) is 84.9 Å². The average molecular weight is 855 g/mol. The van der Waals surface area contributed by atoms with E-state index in [4.69, 9.17) is 11.5 Å². The molecule has 0 aliphatic heterocycles. The van der Waals surface area contributed by atoms with E-state index in [-0.39, 0.29) is 0 Å². The third kappa shape index (κ3) is 20.9. The van der Waals surface area contributed by atoms with E-state index in [1.165, 1.54) is 244 Å². The van der Waals surface area contributed by atoms with Crippen LogP contribution < -0.4 is 11.5 Å². The fourth-order valence-corrected chi connectivity index (χ4v) is 10.2. The van der Waals surface area contributed by atoms with Crippen LogP contribution in [0.2, 0.25) is 0 Å². The monoisotopic (exact) mass is 855 g/mol. The molecule has 0 bridgehead atoms.